The summed E-state index contributed by atoms with van der Waals surface area (Å²) in [6, 6.07) is 12.4. The summed E-state index contributed by atoms with van der Waals surface area (Å²) in [4.78, 5) is 38.1. The van der Waals surface area contributed by atoms with Crippen LogP contribution in [0, 0.1) is 6.92 Å². The second kappa shape index (κ2) is 16.8. The fourth-order valence-corrected chi connectivity index (χ4v) is 3.78. The van der Waals surface area contributed by atoms with Crippen LogP contribution in [-0.4, -0.2) is 98.0 Å². The first-order valence-corrected chi connectivity index (χ1v) is 12.4. The van der Waals surface area contributed by atoms with Gasteiger partial charge in [0.2, 0.25) is 5.88 Å². The summed E-state index contributed by atoms with van der Waals surface area (Å²) < 4.78 is 107. The van der Waals surface area contributed by atoms with Crippen LogP contribution in [0.2, 0.25) is 0 Å². The highest BCUT2D eigenvalue weighted by atomic mass is 19.4. The maximum absolute atomic E-state index is 10.6. The van der Waals surface area contributed by atoms with Crippen molar-refractivity contribution in [2.75, 3.05) is 13.2 Å². The van der Waals surface area contributed by atoms with Crippen molar-refractivity contribution in [3.63, 3.8) is 0 Å². The van der Waals surface area contributed by atoms with E-state index in [9.17, 15) is 39.5 Å². The topological polar surface area (TPSA) is 159 Å². The number of alkyl halides is 9. The molecular formula is C25H26F9N3O8. The Kier molecular flexibility index (Phi) is 14.5. The van der Waals surface area contributed by atoms with Crippen LogP contribution >= 0.6 is 0 Å². The third-order valence-corrected chi connectivity index (χ3v) is 5.60. The van der Waals surface area contributed by atoms with E-state index in [1.165, 1.54) is 0 Å². The predicted molar refractivity (Wildman–Crippen MR) is 132 cm³/mol. The molecule has 1 saturated carbocycles. The van der Waals surface area contributed by atoms with E-state index in [4.69, 9.17) is 39.2 Å². The van der Waals surface area contributed by atoms with Crippen molar-refractivity contribution in [3.8, 4) is 5.88 Å². The molecule has 1 saturated heterocycles. The SMILES string of the molecule is Cc1cccc(CN2CCO[C@H]3[C@@H](Oc4ccccn4)CC[C@@H]32)n1.O=C(O)C(F)(F)F.O=C(O)C(F)(F)F.O=C(O)C(F)(F)F. The van der Waals surface area contributed by atoms with Gasteiger partial charge in [-0.1, -0.05) is 12.1 Å². The Morgan fingerprint density at radius 2 is 1.40 bits per heavy atom. The number of aryl methyl sites for hydroxylation is 1. The standard InChI is InChI=1S/C19H23N3O2.3C2HF3O2/c1-14-5-4-6-15(21-14)13-22-11-12-23-19-16(22)8-9-17(19)24-18-7-2-3-10-20-18;3*3-2(4,5)1(6)7/h2-7,10,16-17,19H,8-9,11-13H2,1H3;3*(H,6,7)/t16-,17-,19+;;;/m0.../s1. The molecule has 3 heterocycles. The zero-order valence-corrected chi connectivity index (χ0v) is 22.9. The van der Waals surface area contributed by atoms with E-state index >= 15 is 0 Å². The van der Waals surface area contributed by atoms with Gasteiger partial charge in [0.1, 0.15) is 12.2 Å². The molecule has 0 amide bonds. The molecule has 4 rings (SSSR count). The Bertz CT molecular complexity index is 1190. The zero-order valence-electron chi connectivity index (χ0n) is 22.9. The highest BCUT2D eigenvalue weighted by Gasteiger charge is 2.44. The summed E-state index contributed by atoms with van der Waals surface area (Å²) >= 11 is 0. The minimum absolute atomic E-state index is 0.0816. The van der Waals surface area contributed by atoms with Gasteiger partial charge in [0, 0.05) is 37.1 Å². The zero-order chi connectivity index (χ0) is 34.6. The highest BCUT2D eigenvalue weighted by molar-refractivity contribution is 5.73. The molecule has 2 aliphatic rings. The second-order valence-electron chi connectivity index (χ2n) is 8.95. The number of hydrogen-bond donors (Lipinski definition) is 3. The number of aromatic nitrogens is 2. The third-order valence-electron chi connectivity index (χ3n) is 5.60. The van der Waals surface area contributed by atoms with Gasteiger partial charge in [0.05, 0.1) is 12.3 Å². The quantitative estimate of drug-likeness (QED) is 0.395. The van der Waals surface area contributed by atoms with Crippen molar-refractivity contribution in [2.45, 2.75) is 63.1 Å². The Morgan fingerprint density at radius 3 is 1.84 bits per heavy atom. The number of pyridine rings is 2. The molecule has 0 unspecified atom stereocenters. The number of fused-ring (bicyclic) bond motifs is 1. The van der Waals surface area contributed by atoms with Gasteiger partial charge in [-0.25, -0.2) is 19.4 Å². The lowest BCUT2D eigenvalue weighted by Gasteiger charge is -2.38. The molecule has 2 aromatic rings. The number of rotatable bonds is 4. The summed E-state index contributed by atoms with van der Waals surface area (Å²) in [5.41, 5.74) is 2.20. The molecule has 20 heteroatoms. The summed E-state index contributed by atoms with van der Waals surface area (Å²) in [5, 5.41) is 21.4. The van der Waals surface area contributed by atoms with Gasteiger partial charge in [-0.05, 0) is 38.0 Å². The molecule has 1 aliphatic heterocycles. The molecular weight excluding hydrogens is 641 g/mol. The summed E-state index contributed by atoms with van der Waals surface area (Å²) in [6.07, 6.45) is -11.2. The number of carboxylic acid groups (broad SMARTS) is 3. The maximum atomic E-state index is 10.6. The molecule has 2 aromatic heterocycles. The van der Waals surface area contributed by atoms with E-state index in [1.807, 2.05) is 31.2 Å². The van der Waals surface area contributed by atoms with Crippen LogP contribution in [0.4, 0.5) is 39.5 Å². The summed E-state index contributed by atoms with van der Waals surface area (Å²) in [5.74, 6) is -7.59. The van der Waals surface area contributed by atoms with Crippen LogP contribution in [0.1, 0.15) is 24.2 Å². The Labute approximate surface area is 248 Å². The molecule has 2 fully saturated rings. The molecule has 0 spiro atoms. The lowest BCUT2D eigenvalue weighted by molar-refractivity contribution is -0.193. The number of halogens is 9. The lowest BCUT2D eigenvalue weighted by atomic mass is 10.1. The molecule has 3 atom stereocenters. The number of aliphatic carboxylic acids is 3. The van der Waals surface area contributed by atoms with Gasteiger partial charge in [-0.3, -0.25) is 9.88 Å². The van der Waals surface area contributed by atoms with Crippen molar-refractivity contribution in [3.05, 3.63) is 54.0 Å². The van der Waals surface area contributed by atoms with Crippen molar-refractivity contribution < 1.29 is 78.7 Å². The lowest BCUT2D eigenvalue weighted by Crippen LogP contribution is -2.51. The largest absolute Gasteiger partial charge is 0.490 e. The van der Waals surface area contributed by atoms with Gasteiger partial charge in [-0.2, -0.15) is 39.5 Å². The number of carboxylic acids is 3. The highest BCUT2D eigenvalue weighted by Crippen LogP contribution is 2.33. The minimum atomic E-state index is -5.08. The number of morpholine rings is 1. The summed E-state index contributed by atoms with van der Waals surface area (Å²) in [6.45, 7) is 4.61. The van der Waals surface area contributed by atoms with E-state index < -0.39 is 36.4 Å². The molecule has 0 aromatic carbocycles. The molecule has 11 nitrogen and oxygen atoms in total. The van der Waals surface area contributed by atoms with Crippen molar-refractivity contribution in [1.29, 1.82) is 0 Å². The second-order valence-corrected chi connectivity index (χ2v) is 8.95. The Hall–Kier alpha value is -4.20. The third kappa shape index (κ3) is 14.4. The molecule has 3 N–H and O–H groups in total. The van der Waals surface area contributed by atoms with Crippen molar-refractivity contribution in [2.24, 2.45) is 0 Å². The van der Waals surface area contributed by atoms with E-state index in [-0.39, 0.29) is 12.2 Å². The maximum Gasteiger partial charge on any atom is 0.490 e. The van der Waals surface area contributed by atoms with E-state index in [0.29, 0.717) is 11.9 Å². The minimum Gasteiger partial charge on any atom is -0.475 e. The predicted octanol–water partition coefficient (Wildman–Crippen LogP) is 4.50. The molecule has 0 radical (unpaired) electrons. The van der Waals surface area contributed by atoms with Gasteiger partial charge in [0.25, 0.3) is 0 Å². The van der Waals surface area contributed by atoms with Crippen LogP contribution in [0.5, 0.6) is 5.88 Å². The number of ether oxygens (including phenoxy) is 2. The molecule has 1 aliphatic carbocycles. The van der Waals surface area contributed by atoms with Crippen molar-refractivity contribution in [1.82, 2.24) is 14.9 Å². The molecule has 0 bridgehead atoms. The van der Waals surface area contributed by atoms with E-state index in [2.05, 4.69) is 27.0 Å². The first-order chi connectivity index (χ1) is 20.6. The van der Waals surface area contributed by atoms with E-state index in [0.717, 1.165) is 43.9 Å². The first kappa shape index (κ1) is 38.8. The fourth-order valence-electron chi connectivity index (χ4n) is 3.78. The number of hydrogen-bond acceptors (Lipinski definition) is 8. The Balaban J connectivity index is 0.000000396. The van der Waals surface area contributed by atoms with Gasteiger partial charge < -0.3 is 24.8 Å². The molecule has 252 valence electrons. The summed E-state index contributed by atoms with van der Waals surface area (Å²) in [7, 11) is 0. The Morgan fingerprint density at radius 1 is 0.867 bits per heavy atom. The van der Waals surface area contributed by atoms with Crippen LogP contribution < -0.4 is 4.74 Å². The van der Waals surface area contributed by atoms with Gasteiger partial charge >= 0.3 is 36.4 Å². The van der Waals surface area contributed by atoms with Crippen molar-refractivity contribution >= 4 is 17.9 Å². The number of nitrogens with zero attached hydrogens (tertiary/aromatic N) is 3. The molecule has 45 heavy (non-hydrogen) atoms. The van der Waals surface area contributed by atoms with Crippen LogP contribution in [0.15, 0.2) is 42.6 Å². The number of carbonyl (C=O) groups is 3. The first-order valence-electron chi connectivity index (χ1n) is 12.4. The van der Waals surface area contributed by atoms with Crippen LogP contribution in [-0.2, 0) is 25.7 Å². The average molecular weight is 667 g/mol. The normalized spacial score (nSPS) is 19.6. The average Bonchev–Trinajstić information content (AvgIpc) is 3.32. The van der Waals surface area contributed by atoms with Crippen LogP contribution in [0.3, 0.4) is 0 Å². The van der Waals surface area contributed by atoms with Crippen LogP contribution in [0.25, 0.3) is 0 Å². The van der Waals surface area contributed by atoms with Gasteiger partial charge in [0.15, 0.2) is 0 Å². The monoisotopic (exact) mass is 667 g/mol. The smallest absolute Gasteiger partial charge is 0.475 e. The fraction of sp³-hybridized carbons (Fsp3) is 0.480. The van der Waals surface area contributed by atoms with Gasteiger partial charge in [-0.15, -0.1) is 0 Å². The van der Waals surface area contributed by atoms with E-state index in [1.54, 1.807) is 6.20 Å².